The van der Waals surface area contributed by atoms with Gasteiger partial charge in [-0.05, 0) is 43.2 Å². The van der Waals surface area contributed by atoms with E-state index in [4.69, 9.17) is 4.52 Å². The number of nitrogens with one attached hydrogen (secondary N) is 1. The van der Waals surface area contributed by atoms with Crippen molar-refractivity contribution < 1.29 is 22.9 Å². The molecule has 2 aromatic rings. The van der Waals surface area contributed by atoms with E-state index in [0.29, 0.717) is 18.5 Å². The van der Waals surface area contributed by atoms with Crippen molar-refractivity contribution in [3.8, 4) is 11.5 Å². The minimum Gasteiger partial charge on any atom is -0.341 e. The van der Waals surface area contributed by atoms with Gasteiger partial charge < -0.3 is 14.7 Å². The SMILES string of the molecule is O=C(NCC(=O)N1CCC2(CC1)CC2)c1noc(-c2cccc(F)c2F)n1. The second-order valence-electron chi connectivity index (χ2n) is 7.09. The van der Waals surface area contributed by atoms with E-state index in [1.54, 1.807) is 4.90 Å². The van der Waals surface area contributed by atoms with Crippen molar-refractivity contribution in [2.45, 2.75) is 25.7 Å². The van der Waals surface area contributed by atoms with Gasteiger partial charge in [0.1, 0.15) is 0 Å². The summed E-state index contributed by atoms with van der Waals surface area (Å²) in [6, 6.07) is 3.51. The number of likely N-dealkylation sites (tertiary alicyclic amines) is 1. The minimum atomic E-state index is -1.14. The third kappa shape index (κ3) is 3.54. The number of benzene rings is 1. The molecule has 0 radical (unpaired) electrons. The lowest BCUT2D eigenvalue weighted by molar-refractivity contribution is -0.131. The molecule has 7 nitrogen and oxygen atoms in total. The average Bonchev–Trinajstić information content (AvgIpc) is 3.24. The Morgan fingerprint density at radius 2 is 1.93 bits per heavy atom. The van der Waals surface area contributed by atoms with Crippen LogP contribution in [0.4, 0.5) is 8.78 Å². The minimum absolute atomic E-state index is 0.168. The molecule has 1 aromatic carbocycles. The monoisotopic (exact) mass is 376 g/mol. The molecule has 1 saturated carbocycles. The molecule has 0 atom stereocenters. The summed E-state index contributed by atoms with van der Waals surface area (Å²) >= 11 is 0. The number of aromatic nitrogens is 2. The average molecular weight is 376 g/mol. The zero-order chi connectivity index (χ0) is 19.0. The van der Waals surface area contributed by atoms with Gasteiger partial charge >= 0.3 is 0 Å². The molecule has 4 rings (SSSR count). The van der Waals surface area contributed by atoms with Crippen LogP contribution in [0, 0.1) is 17.0 Å². The molecular weight excluding hydrogens is 358 g/mol. The van der Waals surface area contributed by atoms with Crippen LogP contribution in [0.25, 0.3) is 11.5 Å². The van der Waals surface area contributed by atoms with Crippen molar-refractivity contribution in [2.24, 2.45) is 5.41 Å². The van der Waals surface area contributed by atoms with E-state index in [0.717, 1.165) is 18.9 Å². The molecule has 1 aliphatic heterocycles. The van der Waals surface area contributed by atoms with E-state index in [1.165, 1.54) is 25.0 Å². The van der Waals surface area contributed by atoms with Gasteiger partial charge in [-0.15, -0.1) is 0 Å². The zero-order valence-corrected chi connectivity index (χ0v) is 14.5. The Balaban J connectivity index is 1.34. The van der Waals surface area contributed by atoms with Crippen LogP contribution in [-0.4, -0.2) is 46.5 Å². The van der Waals surface area contributed by atoms with Crippen LogP contribution in [-0.2, 0) is 4.79 Å². The van der Waals surface area contributed by atoms with Crippen LogP contribution >= 0.6 is 0 Å². The molecule has 2 aliphatic rings. The molecule has 1 aliphatic carbocycles. The van der Waals surface area contributed by atoms with Gasteiger partial charge in [0.05, 0.1) is 12.1 Å². The highest BCUT2D eigenvalue weighted by atomic mass is 19.2. The number of hydrogen-bond acceptors (Lipinski definition) is 5. The largest absolute Gasteiger partial charge is 0.341 e. The van der Waals surface area contributed by atoms with Crippen LogP contribution in [0.3, 0.4) is 0 Å². The Morgan fingerprint density at radius 3 is 2.63 bits per heavy atom. The molecule has 0 bridgehead atoms. The van der Waals surface area contributed by atoms with E-state index in [1.807, 2.05) is 0 Å². The standard InChI is InChI=1S/C18H18F2N4O3/c19-12-3-1-2-11(14(12)20)17-22-15(23-27-17)16(26)21-10-13(25)24-8-6-18(4-5-18)7-9-24/h1-3H,4-10H2,(H,21,26). The first kappa shape index (κ1) is 17.6. The summed E-state index contributed by atoms with van der Waals surface area (Å²) in [5.41, 5.74) is 0.229. The highest BCUT2D eigenvalue weighted by Crippen LogP contribution is 2.53. The van der Waals surface area contributed by atoms with Gasteiger partial charge in [0.25, 0.3) is 17.6 Å². The lowest BCUT2D eigenvalue weighted by atomic mass is 9.94. The van der Waals surface area contributed by atoms with E-state index >= 15 is 0 Å². The second kappa shape index (κ2) is 6.71. The molecule has 142 valence electrons. The smallest absolute Gasteiger partial charge is 0.293 e. The van der Waals surface area contributed by atoms with Crippen molar-refractivity contribution in [2.75, 3.05) is 19.6 Å². The summed E-state index contributed by atoms with van der Waals surface area (Å²) in [7, 11) is 0. The first-order valence-corrected chi connectivity index (χ1v) is 8.82. The maximum absolute atomic E-state index is 13.8. The second-order valence-corrected chi connectivity index (χ2v) is 7.09. The summed E-state index contributed by atoms with van der Waals surface area (Å²) in [6.45, 7) is 1.24. The van der Waals surface area contributed by atoms with Gasteiger partial charge in [0, 0.05) is 13.1 Å². The van der Waals surface area contributed by atoms with Gasteiger partial charge in [-0.25, -0.2) is 8.78 Å². The quantitative estimate of drug-likeness (QED) is 0.883. The number of piperidine rings is 1. The number of amides is 2. The first-order chi connectivity index (χ1) is 13.0. The highest BCUT2D eigenvalue weighted by molar-refractivity contribution is 5.93. The number of hydrogen-bond donors (Lipinski definition) is 1. The molecule has 1 N–H and O–H groups in total. The molecule has 2 heterocycles. The number of carbonyl (C=O) groups excluding carboxylic acids is 2. The van der Waals surface area contributed by atoms with Crippen LogP contribution in [0.1, 0.15) is 36.3 Å². The van der Waals surface area contributed by atoms with Crippen molar-refractivity contribution in [3.63, 3.8) is 0 Å². The molecule has 2 amide bonds. The predicted octanol–water partition coefficient (Wildman–Crippen LogP) is 2.15. The summed E-state index contributed by atoms with van der Waals surface area (Å²) < 4.78 is 31.9. The van der Waals surface area contributed by atoms with Crippen LogP contribution in [0.5, 0.6) is 0 Å². The first-order valence-electron chi connectivity index (χ1n) is 8.82. The predicted molar refractivity (Wildman–Crippen MR) is 89.5 cm³/mol. The van der Waals surface area contributed by atoms with Gasteiger partial charge in [-0.2, -0.15) is 4.98 Å². The lowest BCUT2D eigenvalue weighted by Gasteiger charge is -2.32. The molecule has 1 saturated heterocycles. The highest BCUT2D eigenvalue weighted by Gasteiger charge is 2.45. The fourth-order valence-electron chi connectivity index (χ4n) is 3.35. The van der Waals surface area contributed by atoms with E-state index in [2.05, 4.69) is 15.5 Å². The van der Waals surface area contributed by atoms with Crippen molar-refractivity contribution in [3.05, 3.63) is 35.7 Å². The van der Waals surface area contributed by atoms with Gasteiger partial charge in [0.2, 0.25) is 5.91 Å². The molecule has 0 unspecified atom stereocenters. The van der Waals surface area contributed by atoms with Crippen LogP contribution in [0.2, 0.25) is 0 Å². The maximum Gasteiger partial charge on any atom is 0.293 e. The molecule has 27 heavy (non-hydrogen) atoms. The Hall–Kier alpha value is -2.84. The Morgan fingerprint density at radius 1 is 1.19 bits per heavy atom. The number of halogens is 2. The van der Waals surface area contributed by atoms with Crippen LogP contribution in [0.15, 0.2) is 22.7 Å². The Bertz CT molecular complexity index is 884. The number of rotatable bonds is 4. The van der Waals surface area contributed by atoms with Crippen molar-refractivity contribution in [1.82, 2.24) is 20.4 Å². The van der Waals surface area contributed by atoms with Gasteiger partial charge in [-0.1, -0.05) is 11.2 Å². The topological polar surface area (TPSA) is 88.3 Å². The molecular formula is C18H18F2N4O3. The zero-order valence-electron chi connectivity index (χ0n) is 14.5. The summed E-state index contributed by atoms with van der Waals surface area (Å²) in [5, 5.41) is 5.91. The number of nitrogens with zero attached hydrogens (tertiary/aromatic N) is 3. The summed E-state index contributed by atoms with van der Waals surface area (Å²) in [4.78, 5) is 29.9. The van der Waals surface area contributed by atoms with Crippen LogP contribution < -0.4 is 5.32 Å². The van der Waals surface area contributed by atoms with Crippen molar-refractivity contribution >= 4 is 11.8 Å². The summed E-state index contributed by atoms with van der Waals surface area (Å²) in [6.07, 6.45) is 4.52. The van der Waals surface area contributed by atoms with Gasteiger partial charge in [-0.3, -0.25) is 9.59 Å². The fourth-order valence-corrected chi connectivity index (χ4v) is 3.35. The molecule has 1 spiro atoms. The number of carbonyl (C=O) groups is 2. The molecule has 1 aromatic heterocycles. The van der Waals surface area contributed by atoms with E-state index in [-0.39, 0.29) is 29.7 Å². The third-order valence-electron chi connectivity index (χ3n) is 5.35. The van der Waals surface area contributed by atoms with Gasteiger partial charge in [0.15, 0.2) is 11.6 Å². The summed E-state index contributed by atoms with van der Waals surface area (Å²) in [5.74, 6) is -3.74. The fraction of sp³-hybridized carbons (Fsp3) is 0.444. The molecule has 2 fully saturated rings. The lowest BCUT2D eigenvalue weighted by Crippen LogP contribution is -2.44. The Kier molecular flexibility index (Phi) is 4.37. The third-order valence-corrected chi connectivity index (χ3v) is 5.35. The molecule has 9 heteroatoms. The Labute approximate surface area is 153 Å². The van der Waals surface area contributed by atoms with Crippen molar-refractivity contribution in [1.29, 1.82) is 0 Å². The maximum atomic E-state index is 13.8. The van der Waals surface area contributed by atoms with E-state index in [9.17, 15) is 18.4 Å². The normalized spacial score (nSPS) is 17.8. The van der Waals surface area contributed by atoms with E-state index < -0.39 is 17.5 Å².